The van der Waals surface area contributed by atoms with Crippen LogP contribution in [-0.2, 0) is 7.05 Å². The number of aromatic nitrogens is 5. The number of hydrogen-bond donors (Lipinski definition) is 1. The molecule has 0 radical (unpaired) electrons. The summed E-state index contributed by atoms with van der Waals surface area (Å²) in [6, 6.07) is 5.66. The highest BCUT2D eigenvalue weighted by atomic mass is 79.9. The second-order valence-corrected chi connectivity index (χ2v) is 5.30. The number of rotatable bonds is 3. The predicted molar refractivity (Wildman–Crippen MR) is 84.7 cm³/mol. The van der Waals surface area contributed by atoms with Crippen LogP contribution in [-0.4, -0.2) is 31.8 Å². The van der Waals surface area contributed by atoms with Crippen molar-refractivity contribution in [2.45, 2.75) is 0 Å². The van der Waals surface area contributed by atoms with Crippen LogP contribution in [0.4, 0.5) is 5.82 Å². The first-order valence-electron chi connectivity index (χ1n) is 6.34. The van der Waals surface area contributed by atoms with E-state index in [-0.39, 0.29) is 0 Å². The highest BCUT2D eigenvalue weighted by molar-refractivity contribution is 9.10. The van der Waals surface area contributed by atoms with Gasteiger partial charge in [-0.3, -0.25) is 9.67 Å². The minimum atomic E-state index is 0.563. The molecule has 6 nitrogen and oxygen atoms in total. The van der Waals surface area contributed by atoms with Gasteiger partial charge in [0.2, 0.25) is 0 Å². The average Bonchev–Trinajstić information content (AvgIpc) is 2.94. The quantitative estimate of drug-likeness (QED) is 0.791. The summed E-state index contributed by atoms with van der Waals surface area (Å²) in [6.45, 7) is 0. The molecule has 0 bridgehead atoms. The number of nitrogens with zero attached hydrogens (tertiary/aromatic N) is 5. The Bertz CT molecular complexity index is 783. The van der Waals surface area contributed by atoms with E-state index in [4.69, 9.17) is 0 Å². The molecule has 0 unspecified atom stereocenters. The van der Waals surface area contributed by atoms with Gasteiger partial charge in [-0.25, -0.2) is 9.97 Å². The van der Waals surface area contributed by atoms with E-state index in [1.165, 1.54) is 0 Å². The summed E-state index contributed by atoms with van der Waals surface area (Å²) in [5, 5.41) is 7.23. The molecule has 0 aliphatic rings. The van der Waals surface area contributed by atoms with Crippen molar-refractivity contribution < 1.29 is 0 Å². The lowest BCUT2D eigenvalue weighted by Gasteiger charge is -2.07. The molecule has 0 saturated carbocycles. The number of nitrogens with one attached hydrogen (secondary N) is 1. The van der Waals surface area contributed by atoms with E-state index in [2.05, 4.69) is 41.3 Å². The van der Waals surface area contributed by atoms with E-state index in [9.17, 15) is 0 Å². The van der Waals surface area contributed by atoms with Crippen molar-refractivity contribution in [2.24, 2.45) is 7.05 Å². The lowest BCUT2D eigenvalue weighted by Crippen LogP contribution is -2.00. The minimum absolute atomic E-state index is 0.563. The first kappa shape index (κ1) is 13.7. The minimum Gasteiger partial charge on any atom is -0.373 e. The summed E-state index contributed by atoms with van der Waals surface area (Å²) in [5.74, 6) is 1.30. The van der Waals surface area contributed by atoms with Crippen molar-refractivity contribution in [1.29, 1.82) is 0 Å². The van der Waals surface area contributed by atoms with Gasteiger partial charge in [0.15, 0.2) is 5.82 Å². The van der Waals surface area contributed by atoms with Crippen molar-refractivity contribution >= 4 is 21.7 Å². The van der Waals surface area contributed by atoms with Crippen LogP contribution < -0.4 is 5.32 Å². The molecule has 0 amide bonds. The normalized spacial score (nSPS) is 10.6. The molecule has 0 fully saturated rings. The van der Waals surface area contributed by atoms with E-state index in [0.29, 0.717) is 11.5 Å². The summed E-state index contributed by atoms with van der Waals surface area (Å²) >= 11 is 3.49. The number of halogens is 1. The number of anilines is 1. The lowest BCUT2D eigenvalue weighted by molar-refractivity contribution is 0.768. The maximum Gasteiger partial charge on any atom is 0.181 e. The van der Waals surface area contributed by atoms with E-state index in [1.807, 2.05) is 38.5 Å². The van der Waals surface area contributed by atoms with E-state index in [0.717, 1.165) is 21.5 Å². The number of pyridine rings is 1. The Labute approximate surface area is 130 Å². The largest absolute Gasteiger partial charge is 0.373 e. The van der Waals surface area contributed by atoms with Crippen LogP contribution in [0.15, 0.2) is 41.3 Å². The smallest absolute Gasteiger partial charge is 0.181 e. The summed E-state index contributed by atoms with van der Waals surface area (Å²) in [4.78, 5) is 13.4. The lowest BCUT2D eigenvalue weighted by atomic mass is 10.2. The molecule has 3 aromatic heterocycles. The first-order chi connectivity index (χ1) is 10.2. The standard InChI is InChI=1S/C14H13BrN6/c1-16-12-6-11(9-7-18-21(2)8-9)19-14(20-12)13-10(15)4-3-5-17-13/h3-8H,1-2H3,(H,16,19,20). The van der Waals surface area contributed by atoms with Crippen LogP contribution in [0.25, 0.3) is 22.8 Å². The van der Waals surface area contributed by atoms with Crippen molar-refractivity contribution in [2.75, 3.05) is 12.4 Å². The van der Waals surface area contributed by atoms with Gasteiger partial charge in [0.05, 0.1) is 11.9 Å². The van der Waals surface area contributed by atoms with Gasteiger partial charge in [0.25, 0.3) is 0 Å². The topological polar surface area (TPSA) is 68.5 Å². The molecule has 7 heteroatoms. The summed E-state index contributed by atoms with van der Waals surface area (Å²) in [5.41, 5.74) is 2.44. The Morgan fingerprint density at radius 2 is 2.14 bits per heavy atom. The highest BCUT2D eigenvalue weighted by Gasteiger charge is 2.12. The fraction of sp³-hybridized carbons (Fsp3) is 0.143. The molecule has 1 N–H and O–H groups in total. The second kappa shape index (κ2) is 5.61. The van der Waals surface area contributed by atoms with Crippen LogP contribution in [0.3, 0.4) is 0 Å². The van der Waals surface area contributed by atoms with E-state index in [1.54, 1.807) is 17.1 Å². The molecule has 0 aliphatic heterocycles. The van der Waals surface area contributed by atoms with Crippen molar-refractivity contribution in [1.82, 2.24) is 24.7 Å². The Morgan fingerprint density at radius 1 is 1.29 bits per heavy atom. The van der Waals surface area contributed by atoms with Gasteiger partial charge in [-0.05, 0) is 28.1 Å². The van der Waals surface area contributed by atoms with Crippen molar-refractivity contribution in [3.63, 3.8) is 0 Å². The molecule has 0 spiro atoms. The second-order valence-electron chi connectivity index (χ2n) is 4.45. The monoisotopic (exact) mass is 344 g/mol. The van der Waals surface area contributed by atoms with Gasteiger partial charge in [-0.2, -0.15) is 5.10 Å². The Balaban J connectivity index is 2.16. The molecule has 0 atom stereocenters. The molecule has 106 valence electrons. The summed E-state index contributed by atoms with van der Waals surface area (Å²) < 4.78 is 2.60. The Morgan fingerprint density at radius 3 is 2.81 bits per heavy atom. The fourth-order valence-corrected chi connectivity index (χ4v) is 2.37. The molecular formula is C14H13BrN6. The van der Waals surface area contributed by atoms with Crippen LogP contribution in [0.2, 0.25) is 0 Å². The first-order valence-corrected chi connectivity index (χ1v) is 7.13. The zero-order valence-corrected chi connectivity index (χ0v) is 13.2. The summed E-state index contributed by atoms with van der Waals surface area (Å²) in [7, 11) is 3.70. The number of hydrogen-bond acceptors (Lipinski definition) is 5. The zero-order chi connectivity index (χ0) is 14.8. The van der Waals surface area contributed by atoms with Crippen LogP contribution in [0, 0.1) is 0 Å². The van der Waals surface area contributed by atoms with Gasteiger partial charge in [0, 0.05) is 42.6 Å². The van der Waals surface area contributed by atoms with Crippen molar-refractivity contribution in [3.05, 3.63) is 41.3 Å². The third kappa shape index (κ3) is 2.78. The molecule has 0 aromatic carbocycles. The molecule has 3 heterocycles. The zero-order valence-electron chi connectivity index (χ0n) is 11.6. The predicted octanol–water partition coefficient (Wildman–Crippen LogP) is 2.74. The molecule has 0 aliphatic carbocycles. The molecule has 0 saturated heterocycles. The Kier molecular flexibility index (Phi) is 3.66. The highest BCUT2D eigenvalue weighted by Crippen LogP contribution is 2.27. The maximum absolute atomic E-state index is 4.60. The molecule has 3 aromatic rings. The number of aryl methyl sites for hydroxylation is 1. The summed E-state index contributed by atoms with van der Waals surface area (Å²) in [6.07, 6.45) is 5.41. The Hall–Kier alpha value is -2.28. The fourth-order valence-electron chi connectivity index (χ4n) is 1.93. The van der Waals surface area contributed by atoms with Gasteiger partial charge < -0.3 is 5.32 Å². The van der Waals surface area contributed by atoms with Gasteiger partial charge >= 0.3 is 0 Å². The molecular weight excluding hydrogens is 332 g/mol. The van der Waals surface area contributed by atoms with E-state index < -0.39 is 0 Å². The van der Waals surface area contributed by atoms with Crippen LogP contribution in [0.1, 0.15) is 0 Å². The molecule has 3 rings (SSSR count). The third-order valence-corrected chi connectivity index (χ3v) is 3.59. The SMILES string of the molecule is CNc1cc(-c2cnn(C)c2)nc(-c2ncccc2Br)n1. The van der Waals surface area contributed by atoms with E-state index >= 15 is 0 Å². The van der Waals surface area contributed by atoms with Gasteiger partial charge in [-0.1, -0.05) is 0 Å². The van der Waals surface area contributed by atoms with Crippen molar-refractivity contribution in [3.8, 4) is 22.8 Å². The van der Waals surface area contributed by atoms with Crippen LogP contribution in [0.5, 0.6) is 0 Å². The maximum atomic E-state index is 4.60. The van der Waals surface area contributed by atoms with Gasteiger partial charge in [-0.15, -0.1) is 0 Å². The molecule has 21 heavy (non-hydrogen) atoms. The average molecular weight is 345 g/mol. The van der Waals surface area contributed by atoms with Gasteiger partial charge in [0.1, 0.15) is 11.5 Å². The van der Waals surface area contributed by atoms with Crippen LogP contribution >= 0.6 is 15.9 Å². The third-order valence-electron chi connectivity index (χ3n) is 2.95.